The minimum absolute atomic E-state index is 0.0275. The van der Waals surface area contributed by atoms with E-state index in [1.54, 1.807) is 0 Å². The molecule has 1 fully saturated rings. The second kappa shape index (κ2) is 10.1. The van der Waals surface area contributed by atoms with Crippen LogP contribution in [0.25, 0.3) is 0 Å². The summed E-state index contributed by atoms with van der Waals surface area (Å²) < 4.78 is 45.8. The number of rotatable bonds is 8. The summed E-state index contributed by atoms with van der Waals surface area (Å²) in [6, 6.07) is 12.0. The van der Waals surface area contributed by atoms with Crippen LogP contribution in [0.3, 0.4) is 0 Å². The van der Waals surface area contributed by atoms with Crippen LogP contribution in [0.5, 0.6) is 17.2 Å². The molecular formula is C26H24F3N3O5. The Morgan fingerprint density at radius 2 is 1.89 bits per heavy atom. The number of aliphatic hydroxyl groups is 1. The van der Waals surface area contributed by atoms with Gasteiger partial charge < -0.3 is 25.6 Å². The Labute approximate surface area is 210 Å². The molecule has 194 valence electrons. The summed E-state index contributed by atoms with van der Waals surface area (Å²) in [6.45, 7) is 1.39. The smallest absolute Gasteiger partial charge is 0.419 e. The Morgan fingerprint density at radius 3 is 2.49 bits per heavy atom. The normalized spacial score (nSPS) is 14.9. The molecule has 1 unspecified atom stereocenters. The second-order valence-electron chi connectivity index (χ2n) is 8.79. The number of benzene rings is 2. The highest BCUT2D eigenvalue weighted by molar-refractivity contribution is 6.00. The molecule has 2 aromatic carbocycles. The molecule has 1 atom stereocenters. The van der Waals surface area contributed by atoms with Gasteiger partial charge in [0.25, 0.3) is 5.91 Å². The van der Waals surface area contributed by atoms with Gasteiger partial charge in [-0.25, -0.2) is 0 Å². The molecule has 1 aromatic heterocycles. The lowest BCUT2D eigenvalue weighted by Gasteiger charge is -2.17. The van der Waals surface area contributed by atoms with E-state index in [1.807, 2.05) is 0 Å². The molecule has 4 rings (SSSR count). The summed E-state index contributed by atoms with van der Waals surface area (Å²) in [4.78, 5) is 29.3. The monoisotopic (exact) mass is 515 g/mol. The quantitative estimate of drug-likeness (QED) is 0.356. The van der Waals surface area contributed by atoms with Crippen LogP contribution in [-0.4, -0.2) is 32.6 Å². The molecule has 11 heteroatoms. The predicted molar refractivity (Wildman–Crippen MR) is 126 cm³/mol. The van der Waals surface area contributed by atoms with Crippen molar-refractivity contribution < 1.29 is 37.7 Å². The minimum Gasteiger partial charge on any atom is -0.508 e. The van der Waals surface area contributed by atoms with E-state index in [1.165, 1.54) is 55.6 Å². The highest BCUT2D eigenvalue weighted by Gasteiger charge is 2.51. The standard InChI is InChI=1S/C26H24F3N3O5/c1-15(33)16-5-8-22(21(12-16)26(27,28)29)37-20-7-6-18(30-14-20)13-31-24(36)25(9-10-25)32-23(35)17-3-2-4-19(34)11-17/h2-8,11-12,14-15,33-34H,9-10,13H2,1H3,(H,31,36)(H,32,35). The fourth-order valence-electron chi connectivity index (χ4n) is 3.63. The van der Waals surface area contributed by atoms with Gasteiger partial charge in [0.05, 0.1) is 30.1 Å². The Bertz CT molecular complexity index is 1310. The number of halogens is 3. The van der Waals surface area contributed by atoms with Crippen molar-refractivity contribution in [2.24, 2.45) is 0 Å². The molecule has 4 N–H and O–H groups in total. The van der Waals surface area contributed by atoms with E-state index in [-0.39, 0.29) is 29.2 Å². The minimum atomic E-state index is -4.69. The van der Waals surface area contributed by atoms with Crippen molar-refractivity contribution >= 4 is 11.8 Å². The van der Waals surface area contributed by atoms with Crippen molar-refractivity contribution in [3.05, 3.63) is 83.2 Å². The Kier molecular flexibility index (Phi) is 7.08. The molecule has 1 heterocycles. The number of aliphatic hydroxyl groups excluding tert-OH is 1. The second-order valence-corrected chi connectivity index (χ2v) is 8.79. The van der Waals surface area contributed by atoms with Gasteiger partial charge in [-0.1, -0.05) is 12.1 Å². The topological polar surface area (TPSA) is 121 Å². The number of nitrogens with one attached hydrogen (secondary N) is 2. The Balaban J connectivity index is 1.36. The number of carbonyl (C=O) groups excluding carboxylic acids is 2. The number of hydrogen-bond donors (Lipinski definition) is 4. The van der Waals surface area contributed by atoms with Gasteiger partial charge in [0, 0.05) is 5.56 Å². The van der Waals surface area contributed by atoms with Gasteiger partial charge in [0.15, 0.2) is 0 Å². The van der Waals surface area contributed by atoms with Crippen LogP contribution < -0.4 is 15.4 Å². The lowest BCUT2D eigenvalue weighted by Crippen LogP contribution is -2.48. The van der Waals surface area contributed by atoms with Crippen molar-refractivity contribution in [1.82, 2.24) is 15.6 Å². The van der Waals surface area contributed by atoms with Gasteiger partial charge in [0.1, 0.15) is 22.8 Å². The number of pyridine rings is 1. The number of aromatic hydroxyl groups is 1. The maximum Gasteiger partial charge on any atom is 0.419 e. The number of carbonyl (C=O) groups is 2. The number of phenols is 1. The Hall–Kier alpha value is -4.12. The molecule has 1 aliphatic carbocycles. The molecule has 8 nitrogen and oxygen atoms in total. The van der Waals surface area contributed by atoms with Crippen LogP contribution in [-0.2, 0) is 17.5 Å². The summed E-state index contributed by atoms with van der Waals surface area (Å²) in [7, 11) is 0. The van der Waals surface area contributed by atoms with E-state index < -0.39 is 40.9 Å². The van der Waals surface area contributed by atoms with Crippen molar-refractivity contribution in [2.45, 2.75) is 44.1 Å². The van der Waals surface area contributed by atoms with E-state index in [2.05, 4.69) is 15.6 Å². The largest absolute Gasteiger partial charge is 0.508 e. The first kappa shape index (κ1) is 26.0. The third kappa shape index (κ3) is 6.18. The first-order valence-corrected chi connectivity index (χ1v) is 11.4. The van der Waals surface area contributed by atoms with E-state index in [0.717, 1.165) is 12.1 Å². The molecular weight excluding hydrogens is 491 g/mol. The maximum atomic E-state index is 13.5. The average Bonchev–Trinajstić information content (AvgIpc) is 3.63. The number of alkyl halides is 3. The van der Waals surface area contributed by atoms with Crippen molar-refractivity contribution in [2.75, 3.05) is 0 Å². The molecule has 0 spiro atoms. The first-order chi connectivity index (χ1) is 17.5. The van der Waals surface area contributed by atoms with Crippen LogP contribution in [0.15, 0.2) is 60.8 Å². The van der Waals surface area contributed by atoms with E-state index in [0.29, 0.717) is 18.5 Å². The van der Waals surface area contributed by atoms with Gasteiger partial charge in [-0.05, 0) is 67.8 Å². The molecule has 1 aliphatic rings. The van der Waals surface area contributed by atoms with Crippen LogP contribution in [0.2, 0.25) is 0 Å². The number of nitrogens with zero attached hydrogens (tertiary/aromatic N) is 1. The SMILES string of the molecule is CC(O)c1ccc(Oc2ccc(CNC(=O)C3(NC(=O)c4cccc(O)c4)CC3)nc2)c(C(F)(F)F)c1. The van der Waals surface area contributed by atoms with E-state index in [9.17, 15) is 33.0 Å². The highest BCUT2D eigenvalue weighted by Crippen LogP contribution is 2.39. The predicted octanol–water partition coefficient (Wildman–Crippen LogP) is 4.23. The third-order valence-corrected chi connectivity index (χ3v) is 5.89. The number of amides is 2. The first-order valence-electron chi connectivity index (χ1n) is 11.4. The zero-order chi connectivity index (χ0) is 26.8. The van der Waals surface area contributed by atoms with Gasteiger partial charge in [-0.15, -0.1) is 0 Å². The third-order valence-electron chi connectivity index (χ3n) is 5.89. The van der Waals surface area contributed by atoms with Gasteiger partial charge in [-0.2, -0.15) is 13.2 Å². The van der Waals surface area contributed by atoms with Crippen molar-refractivity contribution in [3.8, 4) is 17.2 Å². The fraction of sp³-hybridized carbons (Fsp3) is 0.269. The average molecular weight is 515 g/mol. The highest BCUT2D eigenvalue weighted by atomic mass is 19.4. The molecule has 3 aromatic rings. The molecule has 0 bridgehead atoms. The van der Waals surface area contributed by atoms with Crippen LogP contribution in [0.1, 0.15) is 53.0 Å². The number of hydrogen-bond acceptors (Lipinski definition) is 6. The van der Waals surface area contributed by atoms with Gasteiger partial charge in [-0.3, -0.25) is 14.6 Å². The molecule has 0 saturated heterocycles. The fourth-order valence-corrected chi connectivity index (χ4v) is 3.63. The van der Waals surface area contributed by atoms with E-state index in [4.69, 9.17) is 4.74 Å². The number of aromatic nitrogens is 1. The number of phenolic OH excluding ortho intramolecular Hbond substituents is 1. The summed E-state index contributed by atoms with van der Waals surface area (Å²) in [6.07, 6.45) is -3.60. The molecule has 37 heavy (non-hydrogen) atoms. The van der Waals surface area contributed by atoms with Crippen molar-refractivity contribution in [3.63, 3.8) is 0 Å². The van der Waals surface area contributed by atoms with Crippen molar-refractivity contribution in [1.29, 1.82) is 0 Å². The summed E-state index contributed by atoms with van der Waals surface area (Å²) in [5.74, 6) is -1.31. The number of ether oxygens (including phenoxy) is 1. The zero-order valence-corrected chi connectivity index (χ0v) is 19.7. The lowest BCUT2D eigenvalue weighted by atomic mass is 10.1. The zero-order valence-electron chi connectivity index (χ0n) is 19.7. The van der Waals surface area contributed by atoms with E-state index >= 15 is 0 Å². The molecule has 0 aliphatic heterocycles. The maximum absolute atomic E-state index is 13.5. The van der Waals surface area contributed by atoms with Crippen LogP contribution >= 0.6 is 0 Å². The van der Waals surface area contributed by atoms with Crippen LogP contribution in [0.4, 0.5) is 13.2 Å². The van der Waals surface area contributed by atoms with Gasteiger partial charge in [0.2, 0.25) is 5.91 Å². The Morgan fingerprint density at radius 1 is 1.14 bits per heavy atom. The lowest BCUT2D eigenvalue weighted by molar-refractivity contribution is -0.138. The van der Waals surface area contributed by atoms with Gasteiger partial charge >= 0.3 is 6.18 Å². The molecule has 0 radical (unpaired) electrons. The summed E-state index contributed by atoms with van der Waals surface area (Å²) >= 11 is 0. The van der Waals surface area contributed by atoms with Crippen LogP contribution in [0, 0.1) is 0 Å². The summed E-state index contributed by atoms with van der Waals surface area (Å²) in [5.41, 5.74) is -1.31. The molecule has 2 amide bonds. The summed E-state index contributed by atoms with van der Waals surface area (Å²) in [5, 5.41) is 24.5. The molecule has 1 saturated carbocycles.